The highest BCUT2D eigenvalue weighted by atomic mass is 32.2. The van der Waals surface area contributed by atoms with E-state index >= 15 is 0 Å². The molecule has 2 saturated carbocycles. The summed E-state index contributed by atoms with van der Waals surface area (Å²) in [5, 5.41) is 0. The van der Waals surface area contributed by atoms with Crippen molar-refractivity contribution in [2.24, 2.45) is 17.8 Å². The summed E-state index contributed by atoms with van der Waals surface area (Å²) in [6.07, 6.45) is 8.29. The Morgan fingerprint density at radius 3 is 2.30 bits per heavy atom. The smallest absolute Gasteiger partial charge is 0.340 e. The zero-order chi connectivity index (χ0) is 30.1. The highest BCUT2D eigenvalue weighted by Crippen LogP contribution is 2.45. The second-order valence-corrected chi connectivity index (χ2v) is 13.5. The Morgan fingerprint density at radius 2 is 1.58 bits per heavy atom. The molecular formula is C36H39NO5S. The third-order valence-electron chi connectivity index (χ3n) is 9.34. The maximum absolute atomic E-state index is 13.8. The number of nitrogens with two attached hydrogens (primary N) is 1. The van der Waals surface area contributed by atoms with Gasteiger partial charge in [0.25, 0.3) is 0 Å². The Balaban J connectivity index is 1.32. The molecule has 0 aliphatic heterocycles. The number of carbonyl (C=O) groups is 3. The van der Waals surface area contributed by atoms with Gasteiger partial charge in [-0.3, -0.25) is 9.59 Å². The molecule has 7 heteroatoms. The van der Waals surface area contributed by atoms with Crippen LogP contribution in [0.2, 0.25) is 0 Å². The van der Waals surface area contributed by atoms with E-state index in [0.29, 0.717) is 34.5 Å². The minimum atomic E-state index is -0.534. The van der Waals surface area contributed by atoms with Crippen molar-refractivity contribution in [2.75, 3.05) is 12.3 Å². The summed E-state index contributed by atoms with van der Waals surface area (Å²) in [5.74, 6) is 1.67. The van der Waals surface area contributed by atoms with Gasteiger partial charge in [-0.25, -0.2) is 4.79 Å². The molecule has 3 aliphatic rings. The minimum Gasteiger partial charge on any atom is -0.494 e. The number of rotatable bonds is 8. The van der Waals surface area contributed by atoms with Crippen molar-refractivity contribution in [1.82, 2.24) is 0 Å². The van der Waals surface area contributed by atoms with Crippen LogP contribution in [-0.4, -0.2) is 30.2 Å². The molecule has 43 heavy (non-hydrogen) atoms. The molecule has 0 spiro atoms. The van der Waals surface area contributed by atoms with Crippen molar-refractivity contribution >= 4 is 35.0 Å². The van der Waals surface area contributed by atoms with Gasteiger partial charge in [0.1, 0.15) is 11.9 Å². The zero-order valence-corrected chi connectivity index (χ0v) is 25.7. The third-order valence-corrected chi connectivity index (χ3v) is 10.4. The van der Waals surface area contributed by atoms with Crippen LogP contribution in [0, 0.1) is 17.8 Å². The SMILES string of the molecule is CCCCOc1ccc(Sc2cc(C(=O)OC3CCC4CC(C)CCC4C3)c(N)c3c2C(=O)c2ccccc2C3=O)cc1. The lowest BCUT2D eigenvalue weighted by Crippen LogP contribution is -2.35. The first-order valence-electron chi connectivity index (χ1n) is 15.6. The van der Waals surface area contributed by atoms with Gasteiger partial charge < -0.3 is 15.2 Å². The van der Waals surface area contributed by atoms with E-state index in [-0.39, 0.29) is 40.0 Å². The van der Waals surface area contributed by atoms with Crippen LogP contribution in [0.5, 0.6) is 5.75 Å². The van der Waals surface area contributed by atoms with Crippen molar-refractivity contribution in [3.05, 3.63) is 82.4 Å². The number of ketones is 2. The normalized spacial score (nSPS) is 22.7. The number of carbonyl (C=O) groups excluding carboxylic acids is 3. The molecule has 0 radical (unpaired) electrons. The molecule has 4 unspecified atom stereocenters. The van der Waals surface area contributed by atoms with Gasteiger partial charge in [-0.15, -0.1) is 0 Å². The molecule has 0 aromatic heterocycles. The van der Waals surface area contributed by atoms with E-state index in [2.05, 4.69) is 13.8 Å². The second kappa shape index (κ2) is 12.6. The third kappa shape index (κ3) is 5.97. The standard InChI is InChI=1S/C36H39NO5S/c1-3-4-17-41-24-13-15-26(16-14-24)43-30-20-29(36(40)42-25-12-11-22-18-21(2)9-10-23(22)19-25)33(37)32-31(30)34(38)27-7-5-6-8-28(27)35(32)39/h5-8,13-16,20-23,25H,3-4,9-12,17-19,37H2,1-2H3. The number of esters is 1. The van der Waals surface area contributed by atoms with Gasteiger partial charge in [0.15, 0.2) is 11.6 Å². The fraction of sp³-hybridized carbons (Fsp3) is 0.417. The average Bonchev–Trinajstić information content (AvgIpc) is 3.01. The molecule has 3 aromatic carbocycles. The first-order chi connectivity index (χ1) is 20.8. The summed E-state index contributed by atoms with van der Waals surface area (Å²) < 4.78 is 11.9. The summed E-state index contributed by atoms with van der Waals surface area (Å²) in [6, 6.07) is 16.0. The van der Waals surface area contributed by atoms with Crippen LogP contribution in [0.25, 0.3) is 0 Å². The lowest BCUT2D eigenvalue weighted by Gasteiger charge is -2.41. The fourth-order valence-electron chi connectivity index (χ4n) is 7.00. The number of fused-ring (bicyclic) bond motifs is 3. The molecular weight excluding hydrogens is 558 g/mol. The summed E-state index contributed by atoms with van der Waals surface area (Å²) >= 11 is 1.33. The molecule has 4 atom stereocenters. The quantitative estimate of drug-likeness (QED) is 0.124. The monoisotopic (exact) mass is 597 g/mol. The molecule has 0 saturated heterocycles. The number of ether oxygens (including phenoxy) is 2. The number of unbranched alkanes of at least 4 members (excludes halogenated alkanes) is 1. The van der Waals surface area contributed by atoms with Crippen molar-refractivity contribution in [1.29, 1.82) is 0 Å². The molecule has 0 heterocycles. The van der Waals surface area contributed by atoms with Gasteiger partial charge in [-0.2, -0.15) is 0 Å². The van der Waals surface area contributed by atoms with Crippen LogP contribution in [0.3, 0.4) is 0 Å². The Hall–Kier alpha value is -3.58. The fourth-order valence-corrected chi connectivity index (χ4v) is 8.00. The summed E-state index contributed by atoms with van der Waals surface area (Å²) in [4.78, 5) is 42.7. The van der Waals surface area contributed by atoms with E-state index in [1.54, 1.807) is 30.3 Å². The highest BCUT2D eigenvalue weighted by molar-refractivity contribution is 7.99. The summed E-state index contributed by atoms with van der Waals surface area (Å²) in [7, 11) is 0. The average molecular weight is 598 g/mol. The van der Waals surface area contributed by atoms with Crippen LogP contribution in [0.15, 0.2) is 64.4 Å². The molecule has 224 valence electrons. The van der Waals surface area contributed by atoms with Crippen molar-refractivity contribution in [3.63, 3.8) is 0 Å². The predicted molar refractivity (Wildman–Crippen MR) is 168 cm³/mol. The van der Waals surface area contributed by atoms with Crippen molar-refractivity contribution in [3.8, 4) is 5.75 Å². The van der Waals surface area contributed by atoms with Crippen LogP contribution in [-0.2, 0) is 4.74 Å². The first kappa shape index (κ1) is 29.5. The number of hydrogen-bond acceptors (Lipinski definition) is 7. The van der Waals surface area contributed by atoms with Gasteiger partial charge in [-0.05, 0) is 86.6 Å². The molecule has 3 aromatic rings. The maximum Gasteiger partial charge on any atom is 0.340 e. The van der Waals surface area contributed by atoms with Crippen LogP contribution < -0.4 is 10.5 Å². The van der Waals surface area contributed by atoms with Crippen molar-refractivity contribution in [2.45, 2.75) is 81.1 Å². The van der Waals surface area contributed by atoms with E-state index in [0.717, 1.165) is 48.7 Å². The zero-order valence-electron chi connectivity index (χ0n) is 24.9. The number of anilines is 1. The molecule has 3 aliphatic carbocycles. The van der Waals surface area contributed by atoms with E-state index in [1.165, 1.54) is 31.0 Å². The molecule has 6 rings (SSSR count). The number of nitrogen functional groups attached to an aromatic ring is 1. The Kier molecular flexibility index (Phi) is 8.62. The second-order valence-electron chi connectivity index (χ2n) is 12.3. The van der Waals surface area contributed by atoms with Crippen LogP contribution >= 0.6 is 11.8 Å². The van der Waals surface area contributed by atoms with E-state index in [1.807, 2.05) is 24.3 Å². The van der Waals surface area contributed by atoms with Gasteiger partial charge in [0, 0.05) is 26.5 Å². The van der Waals surface area contributed by atoms with Crippen LogP contribution in [0.1, 0.15) is 107 Å². The Bertz CT molecular complexity index is 1550. The molecule has 2 N–H and O–H groups in total. The molecule has 0 amide bonds. The van der Waals surface area contributed by atoms with Crippen molar-refractivity contribution < 1.29 is 23.9 Å². The first-order valence-corrected chi connectivity index (χ1v) is 16.4. The summed E-state index contributed by atoms with van der Waals surface area (Å²) in [5.41, 5.74) is 7.70. The lowest BCUT2D eigenvalue weighted by molar-refractivity contribution is -0.00485. The van der Waals surface area contributed by atoms with E-state index in [4.69, 9.17) is 15.2 Å². The highest BCUT2D eigenvalue weighted by Gasteiger charge is 2.38. The molecule has 6 nitrogen and oxygen atoms in total. The molecule has 0 bridgehead atoms. The van der Waals surface area contributed by atoms with E-state index < -0.39 is 5.97 Å². The number of benzene rings is 3. The van der Waals surface area contributed by atoms with Gasteiger partial charge >= 0.3 is 5.97 Å². The van der Waals surface area contributed by atoms with Gasteiger partial charge in [-0.1, -0.05) is 62.7 Å². The Morgan fingerprint density at radius 1 is 0.907 bits per heavy atom. The lowest BCUT2D eigenvalue weighted by atomic mass is 9.67. The number of hydrogen-bond donors (Lipinski definition) is 1. The molecule has 2 fully saturated rings. The summed E-state index contributed by atoms with van der Waals surface area (Å²) in [6.45, 7) is 5.10. The largest absolute Gasteiger partial charge is 0.494 e. The van der Waals surface area contributed by atoms with Gasteiger partial charge in [0.2, 0.25) is 0 Å². The predicted octanol–water partition coefficient (Wildman–Crippen LogP) is 8.14. The Labute approximate surface area is 257 Å². The minimum absolute atomic E-state index is 0.0112. The topological polar surface area (TPSA) is 95.7 Å². The maximum atomic E-state index is 13.8. The van der Waals surface area contributed by atoms with Crippen LogP contribution in [0.4, 0.5) is 5.69 Å². The van der Waals surface area contributed by atoms with E-state index in [9.17, 15) is 14.4 Å². The van der Waals surface area contributed by atoms with Gasteiger partial charge in [0.05, 0.1) is 23.4 Å².